The molecule has 29 heavy (non-hydrogen) atoms. The number of hydrogen-bond donors (Lipinski definition) is 0. The van der Waals surface area contributed by atoms with E-state index < -0.39 is 0 Å². The second kappa shape index (κ2) is 8.88. The van der Waals surface area contributed by atoms with Crippen LogP contribution in [0.4, 0.5) is 9.52 Å². The minimum Gasteiger partial charge on any atom is -0.494 e. The average molecular weight is 415 g/mol. The Morgan fingerprint density at radius 1 is 1.31 bits per heavy atom. The molecule has 1 aliphatic rings. The molecular formula is C22H23FN2O3S. The van der Waals surface area contributed by atoms with Gasteiger partial charge >= 0.3 is 0 Å². The van der Waals surface area contributed by atoms with Gasteiger partial charge in [-0.1, -0.05) is 23.5 Å². The molecule has 1 atom stereocenters. The maximum absolute atomic E-state index is 13.2. The zero-order chi connectivity index (χ0) is 20.2. The first kappa shape index (κ1) is 19.8. The monoisotopic (exact) mass is 414 g/mol. The molecule has 1 aliphatic heterocycles. The molecule has 4 rings (SSSR count). The lowest BCUT2D eigenvalue weighted by Crippen LogP contribution is -2.38. The molecule has 0 bridgehead atoms. The van der Waals surface area contributed by atoms with Gasteiger partial charge in [0.1, 0.15) is 11.6 Å². The number of carbonyl (C=O) groups excluding carboxylic acids is 1. The van der Waals surface area contributed by atoms with Crippen molar-refractivity contribution in [3.8, 4) is 5.75 Å². The molecule has 2 heterocycles. The standard InChI is InChI=1S/C22H23FN2O3S/c1-2-27-17-9-10-19-20(13-17)29-22(24-19)25(14-18-4-3-11-28-18)21(26)12-15-5-7-16(23)8-6-15/h5-10,13,18H,2-4,11-12,14H2,1H3. The predicted molar refractivity (Wildman–Crippen MR) is 112 cm³/mol. The van der Waals surface area contributed by atoms with Crippen LogP contribution < -0.4 is 9.64 Å². The van der Waals surface area contributed by atoms with Gasteiger partial charge in [0.15, 0.2) is 5.13 Å². The van der Waals surface area contributed by atoms with E-state index >= 15 is 0 Å². The molecule has 1 unspecified atom stereocenters. The van der Waals surface area contributed by atoms with Gasteiger partial charge in [-0.05, 0) is 55.7 Å². The van der Waals surface area contributed by atoms with Crippen molar-refractivity contribution in [2.75, 3.05) is 24.7 Å². The third-order valence-electron chi connectivity index (χ3n) is 4.87. The number of ether oxygens (including phenoxy) is 2. The fraction of sp³-hybridized carbons (Fsp3) is 0.364. The summed E-state index contributed by atoms with van der Waals surface area (Å²) >= 11 is 1.47. The minimum atomic E-state index is -0.311. The van der Waals surface area contributed by atoms with E-state index in [1.807, 2.05) is 25.1 Å². The highest BCUT2D eigenvalue weighted by atomic mass is 32.1. The van der Waals surface area contributed by atoms with Crippen LogP contribution in [0.15, 0.2) is 42.5 Å². The number of thiazole rings is 1. The third-order valence-corrected chi connectivity index (χ3v) is 5.91. The zero-order valence-corrected chi connectivity index (χ0v) is 17.1. The maximum atomic E-state index is 13.2. The highest BCUT2D eigenvalue weighted by Crippen LogP contribution is 2.32. The number of benzene rings is 2. The van der Waals surface area contributed by atoms with Crippen LogP contribution in [-0.2, 0) is 16.0 Å². The quantitative estimate of drug-likeness (QED) is 0.568. The first-order chi connectivity index (χ1) is 14.1. The van der Waals surface area contributed by atoms with E-state index in [0.29, 0.717) is 18.3 Å². The molecule has 0 saturated carbocycles. The van der Waals surface area contributed by atoms with Crippen LogP contribution in [0.5, 0.6) is 5.75 Å². The summed E-state index contributed by atoms with van der Waals surface area (Å²) in [5, 5.41) is 0.649. The number of nitrogens with zero attached hydrogens (tertiary/aromatic N) is 2. The van der Waals surface area contributed by atoms with E-state index in [-0.39, 0.29) is 24.2 Å². The smallest absolute Gasteiger partial charge is 0.233 e. The maximum Gasteiger partial charge on any atom is 0.233 e. The highest BCUT2D eigenvalue weighted by molar-refractivity contribution is 7.22. The number of hydrogen-bond acceptors (Lipinski definition) is 5. The van der Waals surface area contributed by atoms with Gasteiger partial charge in [0.05, 0.1) is 35.9 Å². The molecule has 1 aromatic heterocycles. The van der Waals surface area contributed by atoms with E-state index in [1.54, 1.807) is 17.0 Å². The number of fused-ring (bicyclic) bond motifs is 1. The Morgan fingerprint density at radius 3 is 2.86 bits per heavy atom. The summed E-state index contributed by atoms with van der Waals surface area (Å²) < 4.78 is 25.5. The van der Waals surface area contributed by atoms with Crippen LogP contribution >= 0.6 is 11.3 Å². The summed E-state index contributed by atoms with van der Waals surface area (Å²) in [6.45, 7) is 3.73. The molecule has 1 saturated heterocycles. The second-order valence-electron chi connectivity index (χ2n) is 7.00. The van der Waals surface area contributed by atoms with Crippen molar-refractivity contribution in [1.29, 1.82) is 0 Å². The summed E-state index contributed by atoms with van der Waals surface area (Å²) in [4.78, 5) is 19.5. The number of anilines is 1. The summed E-state index contributed by atoms with van der Waals surface area (Å²) in [7, 11) is 0. The normalized spacial score (nSPS) is 16.3. The van der Waals surface area contributed by atoms with Gasteiger partial charge in [-0.3, -0.25) is 9.69 Å². The Hall–Kier alpha value is -2.51. The summed E-state index contributed by atoms with van der Waals surface area (Å²) in [6.07, 6.45) is 2.13. The lowest BCUT2D eigenvalue weighted by atomic mass is 10.1. The third kappa shape index (κ3) is 4.74. The number of rotatable bonds is 7. The molecular weight excluding hydrogens is 391 g/mol. The van der Waals surface area contributed by atoms with Crippen molar-refractivity contribution >= 4 is 32.6 Å². The van der Waals surface area contributed by atoms with E-state index in [9.17, 15) is 9.18 Å². The van der Waals surface area contributed by atoms with Crippen molar-refractivity contribution in [2.45, 2.75) is 32.3 Å². The number of halogens is 1. The van der Waals surface area contributed by atoms with E-state index in [2.05, 4.69) is 4.98 Å². The number of aromatic nitrogens is 1. The molecule has 0 N–H and O–H groups in total. The predicted octanol–water partition coefficient (Wildman–Crippen LogP) is 4.59. The van der Waals surface area contributed by atoms with Crippen molar-refractivity contribution in [3.63, 3.8) is 0 Å². The first-order valence-electron chi connectivity index (χ1n) is 9.82. The molecule has 0 radical (unpaired) electrons. The molecule has 3 aromatic rings. The SMILES string of the molecule is CCOc1ccc2nc(N(CC3CCCO3)C(=O)Cc3ccc(F)cc3)sc2c1. The molecule has 1 fully saturated rings. The van der Waals surface area contributed by atoms with Gasteiger partial charge in [0, 0.05) is 6.61 Å². The topological polar surface area (TPSA) is 51.7 Å². The molecule has 7 heteroatoms. The molecule has 2 aromatic carbocycles. The number of carbonyl (C=O) groups is 1. The first-order valence-corrected chi connectivity index (χ1v) is 10.6. The van der Waals surface area contributed by atoms with Crippen molar-refractivity contribution in [3.05, 3.63) is 53.8 Å². The summed E-state index contributed by atoms with van der Waals surface area (Å²) in [5.41, 5.74) is 1.61. The zero-order valence-electron chi connectivity index (χ0n) is 16.3. The molecule has 0 spiro atoms. The van der Waals surface area contributed by atoms with Gasteiger partial charge in [0.2, 0.25) is 5.91 Å². The van der Waals surface area contributed by atoms with Crippen LogP contribution in [0.3, 0.4) is 0 Å². The van der Waals surface area contributed by atoms with Crippen LogP contribution in [0.1, 0.15) is 25.3 Å². The lowest BCUT2D eigenvalue weighted by Gasteiger charge is -2.23. The van der Waals surface area contributed by atoms with Gasteiger partial charge in [-0.15, -0.1) is 0 Å². The summed E-state index contributed by atoms with van der Waals surface area (Å²) in [5.74, 6) is 0.406. The van der Waals surface area contributed by atoms with E-state index in [1.165, 1.54) is 23.5 Å². The van der Waals surface area contributed by atoms with Crippen LogP contribution in [-0.4, -0.2) is 36.8 Å². The van der Waals surface area contributed by atoms with Gasteiger partial charge in [-0.25, -0.2) is 9.37 Å². The molecule has 1 amide bonds. The van der Waals surface area contributed by atoms with Crippen LogP contribution in [0, 0.1) is 5.82 Å². The van der Waals surface area contributed by atoms with Gasteiger partial charge in [-0.2, -0.15) is 0 Å². The van der Waals surface area contributed by atoms with Crippen molar-refractivity contribution in [2.24, 2.45) is 0 Å². The second-order valence-corrected chi connectivity index (χ2v) is 8.01. The minimum absolute atomic E-state index is 0.0122. The Morgan fingerprint density at radius 2 is 2.14 bits per heavy atom. The highest BCUT2D eigenvalue weighted by Gasteiger charge is 2.26. The Bertz CT molecular complexity index is 983. The summed E-state index contributed by atoms with van der Waals surface area (Å²) in [6, 6.07) is 11.8. The van der Waals surface area contributed by atoms with Gasteiger partial charge < -0.3 is 9.47 Å². The molecule has 152 valence electrons. The van der Waals surface area contributed by atoms with E-state index in [0.717, 1.165) is 41.0 Å². The molecule has 5 nitrogen and oxygen atoms in total. The van der Waals surface area contributed by atoms with Gasteiger partial charge in [0.25, 0.3) is 0 Å². The van der Waals surface area contributed by atoms with Crippen molar-refractivity contribution < 1.29 is 18.7 Å². The van der Waals surface area contributed by atoms with Crippen LogP contribution in [0.2, 0.25) is 0 Å². The average Bonchev–Trinajstić information content (AvgIpc) is 3.37. The number of amides is 1. The van der Waals surface area contributed by atoms with Crippen LogP contribution in [0.25, 0.3) is 10.2 Å². The Kier molecular flexibility index (Phi) is 6.06. The van der Waals surface area contributed by atoms with Crippen molar-refractivity contribution in [1.82, 2.24) is 4.98 Å². The fourth-order valence-corrected chi connectivity index (χ4v) is 4.44. The Labute approximate surface area is 173 Å². The lowest BCUT2D eigenvalue weighted by molar-refractivity contribution is -0.118. The molecule has 0 aliphatic carbocycles. The Balaban J connectivity index is 1.61. The largest absolute Gasteiger partial charge is 0.494 e. The fourth-order valence-electron chi connectivity index (χ4n) is 3.42. The van der Waals surface area contributed by atoms with E-state index in [4.69, 9.17) is 9.47 Å².